The molecule has 1 aromatic rings. The zero-order valence-electron chi connectivity index (χ0n) is 20.5. The van der Waals surface area contributed by atoms with E-state index in [0.29, 0.717) is 5.75 Å². The molecule has 0 bridgehead atoms. The van der Waals surface area contributed by atoms with Gasteiger partial charge < -0.3 is 5.11 Å². The second-order valence-corrected chi connectivity index (χ2v) is 10.1. The highest BCUT2D eigenvalue weighted by Gasteiger charge is 2.08. The number of phenols is 1. The van der Waals surface area contributed by atoms with Crippen molar-refractivity contribution in [2.75, 3.05) is 0 Å². The van der Waals surface area contributed by atoms with Gasteiger partial charge in [-0.2, -0.15) is 0 Å². The summed E-state index contributed by atoms with van der Waals surface area (Å²) in [6.45, 7) is 15.8. The van der Waals surface area contributed by atoms with E-state index in [-0.39, 0.29) is 0 Å². The number of benzene rings is 1. The molecule has 166 valence electrons. The third-order valence-corrected chi connectivity index (χ3v) is 6.51. The Kier molecular flexibility index (Phi) is 12.4. The molecule has 0 fully saturated rings. The molecule has 0 radical (unpaired) electrons. The van der Waals surface area contributed by atoms with E-state index in [9.17, 15) is 5.11 Å². The summed E-state index contributed by atoms with van der Waals surface area (Å²) in [5, 5.41) is 10.3. The molecule has 1 nitrogen and oxygen atoms in total. The largest absolute Gasteiger partial charge is 0.507 e. The lowest BCUT2D eigenvalue weighted by Gasteiger charge is -2.15. The highest BCUT2D eigenvalue weighted by molar-refractivity contribution is 5.45. The van der Waals surface area contributed by atoms with Gasteiger partial charge in [0.2, 0.25) is 0 Å². The molecule has 0 aliphatic heterocycles. The molecule has 2 atom stereocenters. The molecule has 0 saturated heterocycles. The van der Waals surface area contributed by atoms with Gasteiger partial charge in [-0.25, -0.2) is 0 Å². The maximum absolute atomic E-state index is 10.3. The average molecular weight is 401 g/mol. The van der Waals surface area contributed by atoms with Gasteiger partial charge in [-0.15, -0.1) is 0 Å². The van der Waals surface area contributed by atoms with E-state index in [2.05, 4.69) is 53.7 Å². The Balaban J connectivity index is 2.22. The molecule has 29 heavy (non-hydrogen) atoms. The summed E-state index contributed by atoms with van der Waals surface area (Å²) < 4.78 is 0. The van der Waals surface area contributed by atoms with E-state index >= 15 is 0 Å². The monoisotopic (exact) mass is 400 g/mol. The first-order valence-corrected chi connectivity index (χ1v) is 12.1. The van der Waals surface area contributed by atoms with E-state index in [1.54, 1.807) is 0 Å². The molecule has 0 aromatic heterocycles. The van der Waals surface area contributed by atoms with E-state index in [4.69, 9.17) is 0 Å². The Morgan fingerprint density at radius 2 is 1.34 bits per heavy atom. The van der Waals surface area contributed by atoms with E-state index in [1.165, 1.54) is 68.9 Å². The van der Waals surface area contributed by atoms with Crippen LogP contribution in [-0.4, -0.2) is 5.11 Å². The molecule has 0 amide bonds. The minimum atomic E-state index is 0.473. The van der Waals surface area contributed by atoms with Crippen molar-refractivity contribution >= 4 is 0 Å². The molecule has 0 heterocycles. The number of hydrogen-bond acceptors (Lipinski definition) is 1. The summed E-state index contributed by atoms with van der Waals surface area (Å²) in [7, 11) is 0. The molecule has 1 heteroatoms. The first-order valence-electron chi connectivity index (χ1n) is 12.1. The van der Waals surface area contributed by atoms with Crippen molar-refractivity contribution in [2.24, 2.45) is 17.8 Å². The van der Waals surface area contributed by atoms with Gasteiger partial charge in [-0.1, -0.05) is 96.4 Å². The molecular formula is C28H48O. The second kappa shape index (κ2) is 13.9. The Morgan fingerprint density at radius 3 is 1.93 bits per heavy atom. The predicted octanol–water partition coefficient (Wildman–Crippen LogP) is 8.94. The molecule has 1 aromatic carbocycles. The standard InChI is InChI=1S/C28H48O/c1-21(2)11-8-12-22(3)13-9-14-23(4)15-10-16-24(5)17-20-27-25(6)18-19-26(7)28(27)29/h17-19,21-23,29H,8-16,20H2,1-7H3/b24-17+. The average Bonchev–Trinajstić information content (AvgIpc) is 2.64. The molecule has 2 unspecified atom stereocenters. The van der Waals surface area contributed by atoms with Gasteiger partial charge in [-0.05, 0) is 68.9 Å². The van der Waals surface area contributed by atoms with Crippen molar-refractivity contribution < 1.29 is 5.11 Å². The van der Waals surface area contributed by atoms with Crippen molar-refractivity contribution in [1.29, 1.82) is 0 Å². The zero-order valence-corrected chi connectivity index (χ0v) is 20.5. The number of phenolic OH excluding ortho intramolecular Hbond substituents is 1. The van der Waals surface area contributed by atoms with Crippen LogP contribution in [0.15, 0.2) is 23.8 Å². The van der Waals surface area contributed by atoms with Crippen molar-refractivity contribution in [3.8, 4) is 5.75 Å². The smallest absolute Gasteiger partial charge is 0.122 e. The number of aromatic hydroxyl groups is 1. The van der Waals surface area contributed by atoms with Crippen LogP contribution in [-0.2, 0) is 6.42 Å². The van der Waals surface area contributed by atoms with E-state index < -0.39 is 0 Å². The third kappa shape index (κ3) is 10.9. The maximum atomic E-state index is 10.3. The van der Waals surface area contributed by atoms with Gasteiger partial charge >= 0.3 is 0 Å². The van der Waals surface area contributed by atoms with Gasteiger partial charge in [0.15, 0.2) is 0 Å². The van der Waals surface area contributed by atoms with E-state index in [0.717, 1.165) is 35.3 Å². The fraction of sp³-hybridized carbons (Fsp3) is 0.714. The quantitative estimate of drug-likeness (QED) is 0.309. The minimum Gasteiger partial charge on any atom is -0.507 e. The van der Waals surface area contributed by atoms with Crippen LogP contribution in [0.5, 0.6) is 5.75 Å². The van der Waals surface area contributed by atoms with Crippen LogP contribution in [0.2, 0.25) is 0 Å². The fourth-order valence-corrected chi connectivity index (χ4v) is 4.20. The molecule has 0 aliphatic carbocycles. The lowest BCUT2D eigenvalue weighted by atomic mass is 9.91. The van der Waals surface area contributed by atoms with Crippen LogP contribution in [0.4, 0.5) is 0 Å². The van der Waals surface area contributed by atoms with Gasteiger partial charge in [-0.3, -0.25) is 0 Å². The number of aryl methyl sites for hydroxylation is 2. The lowest BCUT2D eigenvalue weighted by molar-refractivity contribution is 0.389. The van der Waals surface area contributed by atoms with Gasteiger partial charge in [0.25, 0.3) is 0 Å². The molecule has 1 rings (SSSR count). The summed E-state index contributed by atoms with van der Waals surface area (Å²) in [6.07, 6.45) is 15.3. The SMILES string of the molecule is C/C(=C\Cc1c(C)ccc(C)c1O)CCCC(C)CCCC(C)CCCC(C)C. The van der Waals surface area contributed by atoms with Gasteiger partial charge in [0, 0.05) is 5.56 Å². The summed E-state index contributed by atoms with van der Waals surface area (Å²) in [5.74, 6) is 3.06. The Hall–Kier alpha value is -1.24. The van der Waals surface area contributed by atoms with Crippen LogP contribution in [0.3, 0.4) is 0 Å². The maximum Gasteiger partial charge on any atom is 0.122 e. The Morgan fingerprint density at radius 1 is 0.828 bits per heavy atom. The van der Waals surface area contributed by atoms with Crippen LogP contribution in [0.25, 0.3) is 0 Å². The molecule has 0 saturated carbocycles. The highest BCUT2D eigenvalue weighted by Crippen LogP contribution is 2.27. The highest BCUT2D eigenvalue weighted by atomic mass is 16.3. The molecule has 0 spiro atoms. The van der Waals surface area contributed by atoms with Crippen LogP contribution in [0.1, 0.15) is 109 Å². The molecule has 0 aliphatic rings. The minimum absolute atomic E-state index is 0.473. The van der Waals surface area contributed by atoms with Crippen molar-refractivity contribution in [3.63, 3.8) is 0 Å². The normalized spacial score (nSPS) is 14.4. The topological polar surface area (TPSA) is 20.2 Å². The van der Waals surface area contributed by atoms with Crippen molar-refractivity contribution in [3.05, 3.63) is 40.5 Å². The zero-order chi connectivity index (χ0) is 21.8. The van der Waals surface area contributed by atoms with Crippen LogP contribution >= 0.6 is 0 Å². The first-order chi connectivity index (χ1) is 13.7. The van der Waals surface area contributed by atoms with Gasteiger partial charge in [0.1, 0.15) is 5.75 Å². The summed E-state index contributed by atoms with van der Waals surface area (Å²) in [6, 6.07) is 4.11. The van der Waals surface area contributed by atoms with E-state index in [1.807, 2.05) is 13.0 Å². The fourth-order valence-electron chi connectivity index (χ4n) is 4.20. The van der Waals surface area contributed by atoms with Gasteiger partial charge in [0.05, 0.1) is 0 Å². The Bertz CT molecular complexity index is 611. The molecular weight excluding hydrogens is 352 g/mol. The summed E-state index contributed by atoms with van der Waals surface area (Å²) in [5.41, 5.74) is 4.69. The number of hydrogen-bond donors (Lipinski definition) is 1. The predicted molar refractivity (Wildman–Crippen MR) is 130 cm³/mol. The third-order valence-electron chi connectivity index (χ3n) is 6.51. The number of rotatable bonds is 14. The summed E-state index contributed by atoms with van der Waals surface area (Å²) >= 11 is 0. The number of allylic oxidation sites excluding steroid dienone is 2. The second-order valence-electron chi connectivity index (χ2n) is 10.1. The van der Waals surface area contributed by atoms with Crippen molar-refractivity contribution in [2.45, 2.75) is 113 Å². The summed E-state index contributed by atoms with van der Waals surface area (Å²) in [4.78, 5) is 0. The first kappa shape index (κ1) is 25.8. The lowest BCUT2D eigenvalue weighted by Crippen LogP contribution is -2.00. The van der Waals surface area contributed by atoms with Crippen LogP contribution < -0.4 is 0 Å². The Labute approximate surface area is 182 Å². The molecule has 1 N–H and O–H groups in total. The van der Waals surface area contributed by atoms with Crippen molar-refractivity contribution in [1.82, 2.24) is 0 Å². The van der Waals surface area contributed by atoms with Crippen LogP contribution in [0, 0.1) is 31.6 Å².